The Labute approximate surface area is 76.7 Å². The molecule has 0 amide bonds. The number of hydrogen-bond acceptors (Lipinski definition) is 1. The number of benzene rings is 1. The first-order chi connectivity index (χ1) is 5.15. The lowest BCUT2D eigenvalue weighted by molar-refractivity contribution is 0.415. The van der Waals surface area contributed by atoms with E-state index in [9.17, 15) is 0 Å². The van der Waals surface area contributed by atoms with Gasteiger partial charge >= 0.3 is 0 Å². The van der Waals surface area contributed by atoms with Gasteiger partial charge in [-0.3, -0.25) is 0 Å². The molecule has 0 aliphatic carbocycles. The summed E-state index contributed by atoms with van der Waals surface area (Å²) >= 11 is 11.6. The highest BCUT2D eigenvalue weighted by Gasteiger charge is 2.03. The maximum atomic E-state index is 5.88. The lowest BCUT2D eigenvalue weighted by Gasteiger charge is -2.05. The quantitative estimate of drug-likeness (QED) is 0.604. The first-order valence-electron chi connectivity index (χ1n) is 3.15. The van der Waals surface area contributed by atoms with E-state index in [1.807, 2.05) is 7.85 Å². The van der Waals surface area contributed by atoms with Crippen molar-refractivity contribution in [1.29, 1.82) is 0 Å². The van der Waals surface area contributed by atoms with Crippen LogP contribution in [0.25, 0.3) is 0 Å². The summed E-state index contributed by atoms with van der Waals surface area (Å²) in [5.74, 6) is 0.622. The van der Waals surface area contributed by atoms with Gasteiger partial charge in [-0.25, -0.2) is 0 Å². The van der Waals surface area contributed by atoms with Crippen molar-refractivity contribution in [2.75, 3.05) is 7.11 Å². The highest BCUT2D eigenvalue weighted by Crippen LogP contribution is 2.24. The molecule has 11 heavy (non-hydrogen) atoms. The van der Waals surface area contributed by atoms with Gasteiger partial charge < -0.3 is 4.74 Å². The van der Waals surface area contributed by atoms with Crippen molar-refractivity contribution in [2.45, 2.75) is 0 Å². The number of halogens is 2. The van der Waals surface area contributed by atoms with Gasteiger partial charge in [-0.1, -0.05) is 28.7 Å². The minimum Gasteiger partial charge on any atom is -0.495 e. The second kappa shape index (κ2) is 3.37. The molecule has 0 aliphatic rings. The Morgan fingerprint density at radius 2 is 2.00 bits per heavy atom. The van der Waals surface area contributed by atoms with Crippen LogP contribution < -0.4 is 10.2 Å². The second-order valence-corrected chi connectivity index (χ2v) is 3.05. The van der Waals surface area contributed by atoms with Crippen LogP contribution in [-0.4, -0.2) is 15.0 Å². The first kappa shape index (κ1) is 8.76. The average molecular weight is 189 g/mol. The van der Waals surface area contributed by atoms with Crippen LogP contribution in [0.2, 0.25) is 10.0 Å². The van der Waals surface area contributed by atoms with Crippen molar-refractivity contribution in [2.24, 2.45) is 0 Å². The smallest absolute Gasteiger partial charge is 0.141 e. The third kappa shape index (κ3) is 1.82. The Hall–Kier alpha value is -0.335. The molecule has 0 atom stereocenters. The standard InChI is InChI=1S/C7H7BCl2O/c1-11-6-3-4(9)2-5(8)7(6)10/h2-3H,8H2,1H3. The zero-order chi connectivity index (χ0) is 8.43. The predicted molar refractivity (Wildman–Crippen MR) is 51.2 cm³/mol. The van der Waals surface area contributed by atoms with E-state index in [0.717, 1.165) is 5.46 Å². The predicted octanol–water partition coefficient (Wildman–Crippen LogP) is 1.26. The molecule has 0 unspecified atom stereocenters. The summed E-state index contributed by atoms with van der Waals surface area (Å²) in [6.45, 7) is 0. The summed E-state index contributed by atoms with van der Waals surface area (Å²) in [7, 11) is 3.45. The van der Waals surface area contributed by atoms with E-state index in [4.69, 9.17) is 27.9 Å². The topological polar surface area (TPSA) is 9.23 Å². The fourth-order valence-corrected chi connectivity index (χ4v) is 1.29. The van der Waals surface area contributed by atoms with E-state index in [-0.39, 0.29) is 0 Å². The highest BCUT2D eigenvalue weighted by atomic mass is 35.5. The molecule has 1 aromatic carbocycles. The Kier molecular flexibility index (Phi) is 2.69. The van der Waals surface area contributed by atoms with Gasteiger partial charge in [-0.15, -0.1) is 0 Å². The molecule has 0 N–H and O–H groups in total. The van der Waals surface area contributed by atoms with E-state index < -0.39 is 0 Å². The minimum absolute atomic E-state index is 0.622. The third-order valence-electron chi connectivity index (χ3n) is 1.41. The first-order valence-corrected chi connectivity index (χ1v) is 3.90. The van der Waals surface area contributed by atoms with Gasteiger partial charge in [0.05, 0.1) is 12.1 Å². The van der Waals surface area contributed by atoms with E-state index in [2.05, 4.69) is 0 Å². The zero-order valence-corrected chi connectivity index (χ0v) is 7.83. The Morgan fingerprint density at radius 1 is 1.36 bits per heavy atom. The normalized spacial score (nSPS) is 9.73. The molecule has 1 aromatic rings. The Morgan fingerprint density at radius 3 is 2.55 bits per heavy atom. The van der Waals surface area contributed by atoms with Crippen LogP contribution in [-0.2, 0) is 0 Å². The van der Waals surface area contributed by atoms with Gasteiger partial charge in [0, 0.05) is 11.1 Å². The number of hydrogen-bond donors (Lipinski definition) is 0. The fraction of sp³-hybridized carbons (Fsp3) is 0.143. The molecule has 4 heteroatoms. The Bertz CT molecular complexity index is 275. The van der Waals surface area contributed by atoms with Gasteiger partial charge in [-0.05, 0) is 6.07 Å². The van der Waals surface area contributed by atoms with Crippen LogP contribution >= 0.6 is 23.2 Å². The summed E-state index contributed by atoms with van der Waals surface area (Å²) < 4.78 is 4.99. The lowest BCUT2D eigenvalue weighted by atomic mass is 9.96. The number of rotatable bonds is 1. The molecule has 0 saturated carbocycles. The van der Waals surface area contributed by atoms with Crippen molar-refractivity contribution >= 4 is 36.5 Å². The van der Waals surface area contributed by atoms with Crippen molar-refractivity contribution < 1.29 is 4.74 Å². The van der Waals surface area contributed by atoms with Crippen molar-refractivity contribution in [3.63, 3.8) is 0 Å². The molecule has 0 fully saturated rings. The van der Waals surface area contributed by atoms with Gasteiger partial charge in [0.1, 0.15) is 13.6 Å². The second-order valence-electron chi connectivity index (χ2n) is 2.24. The van der Waals surface area contributed by atoms with Gasteiger partial charge in [0.2, 0.25) is 0 Å². The van der Waals surface area contributed by atoms with Crippen molar-refractivity contribution in [1.82, 2.24) is 0 Å². The average Bonchev–Trinajstić information content (AvgIpc) is 1.96. The zero-order valence-electron chi connectivity index (χ0n) is 6.32. The molecule has 0 heterocycles. The van der Waals surface area contributed by atoms with Crippen LogP contribution in [0.3, 0.4) is 0 Å². The van der Waals surface area contributed by atoms with Crippen molar-refractivity contribution in [3.05, 3.63) is 22.2 Å². The summed E-state index contributed by atoms with van der Waals surface area (Å²) in [6.07, 6.45) is 0. The molecule has 0 aliphatic heterocycles. The minimum atomic E-state index is 0.622. The largest absolute Gasteiger partial charge is 0.495 e. The molecule has 1 rings (SSSR count). The maximum absolute atomic E-state index is 5.88. The van der Waals surface area contributed by atoms with E-state index in [1.54, 1.807) is 19.2 Å². The summed E-state index contributed by atoms with van der Waals surface area (Å²) in [5.41, 5.74) is 0.927. The van der Waals surface area contributed by atoms with Crippen LogP contribution in [0.5, 0.6) is 5.75 Å². The number of methoxy groups -OCH3 is 1. The molecule has 0 saturated heterocycles. The summed E-state index contributed by atoms with van der Waals surface area (Å²) in [6, 6.07) is 3.49. The summed E-state index contributed by atoms with van der Waals surface area (Å²) in [5, 5.41) is 1.26. The lowest BCUT2D eigenvalue weighted by Crippen LogP contribution is -2.04. The van der Waals surface area contributed by atoms with E-state index in [1.165, 1.54) is 0 Å². The van der Waals surface area contributed by atoms with Crippen LogP contribution in [0, 0.1) is 0 Å². The summed E-state index contributed by atoms with van der Waals surface area (Å²) in [4.78, 5) is 0. The Balaban J connectivity index is 3.24. The molecular formula is C7H7BCl2O. The number of ether oxygens (including phenoxy) is 1. The monoisotopic (exact) mass is 188 g/mol. The third-order valence-corrected chi connectivity index (χ3v) is 2.11. The van der Waals surface area contributed by atoms with Gasteiger partial charge in [0.15, 0.2) is 0 Å². The van der Waals surface area contributed by atoms with Crippen LogP contribution in [0.4, 0.5) is 0 Å². The van der Waals surface area contributed by atoms with Crippen LogP contribution in [0.1, 0.15) is 0 Å². The van der Waals surface area contributed by atoms with E-state index >= 15 is 0 Å². The molecule has 0 aromatic heterocycles. The molecule has 1 nitrogen and oxygen atoms in total. The van der Waals surface area contributed by atoms with E-state index in [0.29, 0.717) is 15.8 Å². The van der Waals surface area contributed by atoms with Gasteiger partial charge in [-0.2, -0.15) is 0 Å². The highest BCUT2D eigenvalue weighted by molar-refractivity contribution is 6.47. The molecule has 0 spiro atoms. The molecule has 0 bridgehead atoms. The maximum Gasteiger partial charge on any atom is 0.141 e. The van der Waals surface area contributed by atoms with Crippen LogP contribution in [0.15, 0.2) is 12.1 Å². The fourth-order valence-electron chi connectivity index (χ4n) is 0.843. The molecule has 58 valence electrons. The van der Waals surface area contributed by atoms with Crippen molar-refractivity contribution in [3.8, 4) is 5.75 Å². The molecular weight excluding hydrogens is 182 g/mol. The molecule has 0 radical (unpaired) electrons. The SMILES string of the molecule is Bc1cc(Cl)cc(OC)c1Cl. The van der Waals surface area contributed by atoms with Gasteiger partial charge in [0.25, 0.3) is 0 Å².